The van der Waals surface area contributed by atoms with E-state index in [2.05, 4.69) is 26.8 Å². The van der Waals surface area contributed by atoms with Crippen LogP contribution in [0.2, 0.25) is 0 Å². The molecule has 4 aromatic rings. The summed E-state index contributed by atoms with van der Waals surface area (Å²) in [4.78, 5) is 19.1. The van der Waals surface area contributed by atoms with Crippen molar-refractivity contribution in [3.05, 3.63) is 111 Å². The molecular formula is C36H41N3O2. The van der Waals surface area contributed by atoms with E-state index in [9.17, 15) is 10.1 Å². The van der Waals surface area contributed by atoms with Gasteiger partial charge in [-0.25, -0.2) is 4.98 Å². The molecule has 5 nitrogen and oxygen atoms in total. The van der Waals surface area contributed by atoms with Gasteiger partial charge in [-0.15, -0.1) is 0 Å². The van der Waals surface area contributed by atoms with E-state index >= 15 is 0 Å². The lowest BCUT2D eigenvalue weighted by Gasteiger charge is -2.18. The number of benzene rings is 3. The monoisotopic (exact) mass is 547 g/mol. The van der Waals surface area contributed by atoms with Crippen LogP contribution in [0.1, 0.15) is 88.0 Å². The summed E-state index contributed by atoms with van der Waals surface area (Å²) in [7, 11) is 0. The molecule has 0 saturated carbocycles. The first-order valence-electron chi connectivity index (χ1n) is 15.0. The summed E-state index contributed by atoms with van der Waals surface area (Å²) < 4.78 is 7.89. The summed E-state index contributed by atoms with van der Waals surface area (Å²) in [6.45, 7) is 8.48. The number of unbranched alkanes of at least 4 members (excludes halogenated alkanes) is 2. The smallest absolute Gasteiger partial charge is 0.261 e. The van der Waals surface area contributed by atoms with E-state index in [0.717, 1.165) is 64.5 Å². The van der Waals surface area contributed by atoms with Crippen LogP contribution >= 0.6 is 0 Å². The van der Waals surface area contributed by atoms with E-state index in [0.29, 0.717) is 18.4 Å². The number of aryl methyl sites for hydroxylation is 2. The van der Waals surface area contributed by atoms with E-state index in [1.54, 1.807) is 4.57 Å². The van der Waals surface area contributed by atoms with Gasteiger partial charge in [0, 0.05) is 18.4 Å². The number of hydrogen-bond donors (Lipinski definition) is 0. The van der Waals surface area contributed by atoms with Gasteiger partial charge in [-0.3, -0.25) is 9.36 Å². The van der Waals surface area contributed by atoms with E-state index in [1.165, 1.54) is 19.3 Å². The molecule has 0 bridgehead atoms. The van der Waals surface area contributed by atoms with Crippen LogP contribution in [-0.2, 0) is 19.3 Å². The molecule has 0 fully saturated rings. The SMILES string of the molecule is CCCCCC(C)Oc1ccc(-n2c(CC)nc(CCC)c(Cc3ccc(-c4ccccc4C#N)cc3)c2=O)cc1. The zero-order chi connectivity index (χ0) is 29.2. The van der Waals surface area contributed by atoms with Crippen LogP contribution in [0, 0.1) is 11.3 Å². The molecule has 0 amide bonds. The Morgan fingerprint density at radius 2 is 1.66 bits per heavy atom. The molecule has 41 heavy (non-hydrogen) atoms. The molecule has 0 saturated heterocycles. The molecule has 0 spiro atoms. The molecule has 0 aliphatic carbocycles. The molecule has 1 unspecified atom stereocenters. The topological polar surface area (TPSA) is 67.9 Å². The maximum absolute atomic E-state index is 14.1. The van der Waals surface area contributed by atoms with Gasteiger partial charge in [0.25, 0.3) is 5.56 Å². The molecule has 3 aromatic carbocycles. The Labute approximate surface area is 244 Å². The van der Waals surface area contributed by atoms with Crippen LogP contribution in [0.4, 0.5) is 0 Å². The third kappa shape index (κ3) is 7.32. The lowest BCUT2D eigenvalue weighted by molar-refractivity contribution is 0.206. The van der Waals surface area contributed by atoms with E-state index in [4.69, 9.17) is 9.72 Å². The lowest BCUT2D eigenvalue weighted by atomic mass is 9.97. The highest BCUT2D eigenvalue weighted by molar-refractivity contribution is 5.70. The van der Waals surface area contributed by atoms with Crippen LogP contribution < -0.4 is 10.3 Å². The van der Waals surface area contributed by atoms with Gasteiger partial charge < -0.3 is 4.74 Å². The number of nitrogens with zero attached hydrogens (tertiary/aromatic N) is 3. The number of nitriles is 1. The highest BCUT2D eigenvalue weighted by Crippen LogP contribution is 2.25. The minimum atomic E-state index is -0.0131. The Hall–Kier alpha value is -4.17. The zero-order valence-corrected chi connectivity index (χ0v) is 24.8. The molecule has 0 aliphatic heterocycles. The summed E-state index contributed by atoms with van der Waals surface area (Å²) in [5.41, 5.74) is 5.99. The van der Waals surface area contributed by atoms with Crippen molar-refractivity contribution in [2.75, 3.05) is 0 Å². The highest BCUT2D eigenvalue weighted by Gasteiger charge is 2.18. The Balaban J connectivity index is 1.64. The van der Waals surface area contributed by atoms with Crippen LogP contribution in [-0.4, -0.2) is 15.7 Å². The molecule has 212 valence electrons. The molecule has 0 radical (unpaired) electrons. The molecule has 0 N–H and O–H groups in total. The maximum Gasteiger partial charge on any atom is 0.261 e. The average Bonchev–Trinajstić information content (AvgIpc) is 3.00. The van der Waals surface area contributed by atoms with Crippen LogP contribution in [0.5, 0.6) is 5.75 Å². The Morgan fingerprint density at radius 3 is 2.32 bits per heavy atom. The van der Waals surface area contributed by atoms with Crippen molar-refractivity contribution in [2.45, 2.75) is 85.2 Å². The first kappa shape index (κ1) is 29.8. The fourth-order valence-corrected chi connectivity index (χ4v) is 5.26. The van der Waals surface area contributed by atoms with Gasteiger partial charge >= 0.3 is 0 Å². The van der Waals surface area contributed by atoms with E-state index < -0.39 is 0 Å². The second-order valence-corrected chi connectivity index (χ2v) is 10.6. The average molecular weight is 548 g/mol. The molecule has 5 heteroatoms. The summed E-state index contributed by atoms with van der Waals surface area (Å²) in [5, 5.41) is 9.50. The molecule has 4 rings (SSSR count). The van der Waals surface area contributed by atoms with Crippen molar-refractivity contribution in [1.29, 1.82) is 5.26 Å². The quantitative estimate of drug-likeness (QED) is 0.158. The number of aromatic nitrogens is 2. The zero-order valence-electron chi connectivity index (χ0n) is 24.8. The van der Waals surface area contributed by atoms with Gasteiger partial charge in [0.05, 0.1) is 29.1 Å². The summed E-state index contributed by atoms with van der Waals surface area (Å²) in [5.74, 6) is 1.59. The van der Waals surface area contributed by atoms with Gasteiger partial charge in [0.15, 0.2) is 0 Å². The van der Waals surface area contributed by atoms with Crippen molar-refractivity contribution in [3.63, 3.8) is 0 Å². The van der Waals surface area contributed by atoms with E-state index in [1.807, 2.05) is 79.7 Å². The number of rotatable bonds is 13. The molecule has 1 heterocycles. The summed E-state index contributed by atoms with van der Waals surface area (Å²) in [6, 6.07) is 25.9. The first-order chi connectivity index (χ1) is 20.0. The Morgan fingerprint density at radius 1 is 0.927 bits per heavy atom. The predicted molar refractivity (Wildman–Crippen MR) is 167 cm³/mol. The van der Waals surface area contributed by atoms with Gasteiger partial charge in [-0.2, -0.15) is 5.26 Å². The van der Waals surface area contributed by atoms with Crippen molar-refractivity contribution in [3.8, 4) is 28.6 Å². The number of hydrogen-bond acceptors (Lipinski definition) is 4. The van der Waals surface area contributed by atoms with Gasteiger partial charge in [-0.1, -0.05) is 82.5 Å². The fraction of sp³-hybridized carbons (Fsp3) is 0.361. The molecule has 1 aromatic heterocycles. The van der Waals surface area contributed by atoms with Crippen molar-refractivity contribution >= 4 is 0 Å². The van der Waals surface area contributed by atoms with Gasteiger partial charge in [0.2, 0.25) is 0 Å². The highest BCUT2D eigenvalue weighted by atomic mass is 16.5. The van der Waals surface area contributed by atoms with Crippen LogP contribution in [0.3, 0.4) is 0 Å². The molecule has 0 aliphatic rings. The molecular weight excluding hydrogens is 506 g/mol. The van der Waals surface area contributed by atoms with Gasteiger partial charge in [0.1, 0.15) is 11.6 Å². The second kappa shape index (κ2) is 14.5. The minimum Gasteiger partial charge on any atom is -0.491 e. The van der Waals surface area contributed by atoms with Crippen LogP contribution in [0.25, 0.3) is 16.8 Å². The minimum absolute atomic E-state index is 0.0131. The predicted octanol–water partition coefficient (Wildman–Crippen LogP) is 8.22. The van der Waals surface area contributed by atoms with Crippen molar-refractivity contribution < 1.29 is 4.74 Å². The summed E-state index contributed by atoms with van der Waals surface area (Å²) >= 11 is 0. The lowest BCUT2D eigenvalue weighted by Crippen LogP contribution is -2.29. The third-order valence-corrected chi connectivity index (χ3v) is 7.47. The van der Waals surface area contributed by atoms with Crippen molar-refractivity contribution in [1.82, 2.24) is 9.55 Å². The maximum atomic E-state index is 14.1. The van der Waals surface area contributed by atoms with Crippen LogP contribution in [0.15, 0.2) is 77.6 Å². The Kier molecular flexibility index (Phi) is 10.5. The second-order valence-electron chi connectivity index (χ2n) is 10.6. The largest absolute Gasteiger partial charge is 0.491 e. The third-order valence-electron chi connectivity index (χ3n) is 7.47. The summed E-state index contributed by atoms with van der Waals surface area (Å²) in [6.07, 6.45) is 7.61. The first-order valence-corrected chi connectivity index (χ1v) is 15.0. The van der Waals surface area contributed by atoms with Crippen molar-refractivity contribution in [2.24, 2.45) is 0 Å². The number of ether oxygens (including phenoxy) is 1. The Bertz CT molecular complexity index is 1530. The standard InChI is InChI=1S/C36H41N3O2/c1-5-8-9-13-26(4)41-31-22-20-30(21-23-31)39-35(7-3)38-34(12-6-2)33(36(39)40)24-27-16-18-28(19-17-27)32-15-11-10-14-29(32)25-37/h10-11,14-23,26H,5-9,12-13,24H2,1-4H3. The normalized spacial score (nSPS) is 11.7. The van der Waals surface area contributed by atoms with Gasteiger partial charge in [-0.05, 0) is 73.2 Å². The fourth-order valence-electron chi connectivity index (χ4n) is 5.26. The van der Waals surface area contributed by atoms with E-state index in [-0.39, 0.29) is 11.7 Å². The molecule has 1 atom stereocenters.